The average molecular weight is 398 g/mol. The van der Waals surface area contributed by atoms with Crippen LogP contribution in [-0.2, 0) is 16.0 Å². The molecule has 0 radical (unpaired) electrons. The van der Waals surface area contributed by atoms with Crippen LogP contribution in [0.2, 0.25) is 0 Å². The molecule has 1 aromatic rings. The van der Waals surface area contributed by atoms with Crippen LogP contribution in [-0.4, -0.2) is 60.4 Å². The number of nitrogens with one attached hydrogen (secondary N) is 1. The maximum atomic E-state index is 12.7. The van der Waals surface area contributed by atoms with Crippen molar-refractivity contribution in [1.82, 2.24) is 15.1 Å². The van der Waals surface area contributed by atoms with Crippen molar-refractivity contribution < 1.29 is 9.59 Å². The number of carbonyl (C=O) groups is 2. The van der Waals surface area contributed by atoms with Crippen LogP contribution in [0.3, 0.4) is 0 Å². The molecule has 29 heavy (non-hydrogen) atoms. The molecule has 1 unspecified atom stereocenters. The van der Waals surface area contributed by atoms with Gasteiger partial charge in [0, 0.05) is 38.1 Å². The number of carbonyl (C=O) groups excluding carboxylic acids is 2. The Balaban J connectivity index is 1.20. The van der Waals surface area contributed by atoms with Crippen molar-refractivity contribution in [3.05, 3.63) is 35.4 Å². The van der Waals surface area contributed by atoms with E-state index in [0.29, 0.717) is 24.4 Å². The molecule has 158 valence electrons. The summed E-state index contributed by atoms with van der Waals surface area (Å²) < 4.78 is 0. The van der Waals surface area contributed by atoms with Gasteiger partial charge in [-0.15, -0.1) is 0 Å². The molecule has 2 heterocycles. The fourth-order valence-electron chi connectivity index (χ4n) is 4.93. The molecule has 1 aromatic carbocycles. The van der Waals surface area contributed by atoms with Crippen molar-refractivity contribution in [2.24, 2.45) is 11.8 Å². The minimum Gasteiger partial charge on any atom is -0.355 e. The fourth-order valence-corrected chi connectivity index (χ4v) is 4.93. The van der Waals surface area contributed by atoms with Gasteiger partial charge in [-0.25, -0.2) is 0 Å². The molecule has 1 atom stereocenters. The van der Waals surface area contributed by atoms with E-state index in [2.05, 4.69) is 46.3 Å². The van der Waals surface area contributed by atoms with Gasteiger partial charge in [-0.2, -0.15) is 0 Å². The lowest BCUT2D eigenvalue weighted by atomic mass is 9.93. The SMILES string of the molecule is Cc1cccc(CCNC(=O)C2CCCN(C3CCN(C(=O)C4CC4)CC3)C2)c1. The lowest BCUT2D eigenvalue weighted by Crippen LogP contribution is -2.51. The summed E-state index contributed by atoms with van der Waals surface area (Å²) in [6, 6.07) is 9.03. The third kappa shape index (κ3) is 5.39. The van der Waals surface area contributed by atoms with Crippen LogP contribution >= 0.6 is 0 Å². The highest BCUT2D eigenvalue weighted by atomic mass is 16.2. The van der Waals surface area contributed by atoms with Crippen LogP contribution in [0, 0.1) is 18.8 Å². The zero-order chi connectivity index (χ0) is 20.2. The van der Waals surface area contributed by atoms with E-state index in [1.54, 1.807) is 0 Å². The first kappa shape index (κ1) is 20.4. The molecule has 0 bridgehead atoms. The van der Waals surface area contributed by atoms with Crippen LogP contribution in [0.15, 0.2) is 24.3 Å². The average Bonchev–Trinajstić information content (AvgIpc) is 3.59. The number of rotatable bonds is 6. The molecule has 1 saturated carbocycles. The highest BCUT2D eigenvalue weighted by Crippen LogP contribution is 2.32. The first-order chi connectivity index (χ1) is 14.1. The van der Waals surface area contributed by atoms with E-state index in [0.717, 1.165) is 71.1 Å². The minimum atomic E-state index is 0.104. The molecule has 2 amide bonds. The molecule has 0 aromatic heterocycles. The molecular weight excluding hydrogens is 362 g/mol. The van der Waals surface area contributed by atoms with E-state index in [-0.39, 0.29) is 11.8 Å². The van der Waals surface area contributed by atoms with Crippen molar-refractivity contribution in [2.75, 3.05) is 32.7 Å². The molecule has 0 spiro atoms. The number of hydrogen-bond donors (Lipinski definition) is 1. The van der Waals surface area contributed by atoms with E-state index in [9.17, 15) is 9.59 Å². The van der Waals surface area contributed by atoms with Crippen LogP contribution in [0.4, 0.5) is 0 Å². The quantitative estimate of drug-likeness (QED) is 0.803. The van der Waals surface area contributed by atoms with Crippen LogP contribution in [0.25, 0.3) is 0 Å². The first-order valence-corrected chi connectivity index (χ1v) is 11.5. The molecule has 4 rings (SSSR count). The fraction of sp³-hybridized carbons (Fsp3) is 0.667. The zero-order valence-electron chi connectivity index (χ0n) is 17.7. The monoisotopic (exact) mass is 397 g/mol. The molecule has 3 aliphatic rings. The zero-order valence-corrected chi connectivity index (χ0v) is 17.7. The van der Waals surface area contributed by atoms with Crippen molar-refractivity contribution in [3.8, 4) is 0 Å². The van der Waals surface area contributed by atoms with Crippen molar-refractivity contribution in [3.63, 3.8) is 0 Å². The summed E-state index contributed by atoms with van der Waals surface area (Å²) >= 11 is 0. The third-order valence-corrected chi connectivity index (χ3v) is 6.84. The van der Waals surface area contributed by atoms with Gasteiger partial charge in [-0.05, 0) is 64.0 Å². The van der Waals surface area contributed by atoms with Gasteiger partial charge >= 0.3 is 0 Å². The molecule has 5 nitrogen and oxygen atoms in total. The van der Waals surface area contributed by atoms with Crippen molar-refractivity contribution >= 4 is 11.8 Å². The number of amides is 2. The number of nitrogens with zero attached hydrogens (tertiary/aromatic N) is 2. The van der Waals surface area contributed by atoms with Crippen LogP contribution in [0.1, 0.15) is 49.7 Å². The standard InChI is InChI=1S/C24H35N3O2/c1-18-4-2-5-19(16-18)9-12-25-23(28)21-6-3-13-27(17-21)22-10-14-26(15-11-22)24(29)20-7-8-20/h2,4-5,16,20-22H,3,6-15,17H2,1H3,(H,25,28). The van der Waals surface area contributed by atoms with Gasteiger partial charge < -0.3 is 10.2 Å². The topological polar surface area (TPSA) is 52.7 Å². The summed E-state index contributed by atoms with van der Waals surface area (Å²) in [6.07, 6.45) is 7.26. The van der Waals surface area contributed by atoms with Crippen LogP contribution in [0.5, 0.6) is 0 Å². The predicted molar refractivity (Wildman–Crippen MR) is 115 cm³/mol. The second-order valence-electron chi connectivity index (χ2n) is 9.19. The highest BCUT2D eigenvalue weighted by Gasteiger charge is 2.37. The Morgan fingerprint density at radius 3 is 2.55 bits per heavy atom. The second kappa shape index (κ2) is 9.29. The Morgan fingerprint density at radius 2 is 1.83 bits per heavy atom. The normalized spacial score (nSPS) is 23.8. The molecular formula is C24H35N3O2. The number of aryl methyl sites for hydroxylation is 1. The Kier molecular flexibility index (Phi) is 6.53. The van der Waals surface area contributed by atoms with Gasteiger partial charge in [0.1, 0.15) is 0 Å². The lowest BCUT2D eigenvalue weighted by molar-refractivity contribution is -0.134. The first-order valence-electron chi connectivity index (χ1n) is 11.5. The van der Waals surface area contributed by atoms with Crippen LogP contribution < -0.4 is 5.32 Å². The predicted octanol–water partition coefficient (Wildman–Crippen LogP) is 2.77. The molecule has 2 saturated heterocycles. The number of benzene rings is 1. The molecule has 3 fully saturated rings. The van der Waals surface area contributed by atoms with E-state index < -0.39 is 0 Å². The maximum Gasteiger partial charge on any atom is 0.225 e. The van der Waals surface area contributed by atoms with E-state index >= 15 is 0 Å². The van der Waals surface area contributed by atoms with E-state index in [1.165, 1.54) is 11.1 Å². The Labute approximate surface area is 174 Å². The van der Waals surface area contributed by atoms with Gasteiger partial charge in [-0.3, -0.25) is 14.5 Å². The molecule has 1 aliphatic carbocycles. The molecule has 1 N–H and O–H groups in total. The Bertz CT molecular complexity index is 723. The number of piperidine rings is 2. The van der Waals surface area contributed by atoms with Crippen molar-refractivity contribution in [2.45, 2.75) is 57.9 Å². The smallest absolute Gasteiger partial charge is 0.225 e. The summed E-state index contributed by atoms with van der Waals surface area (Å²) in [7, 11) is 0. The Morgan fingerprint density at radius 1 is 1.03 bits per heavy atom. The van der Waals surface area contributed by atoms with Gasteiger partial charge in [0.05, 0.1) is 5.92 Å². The summed E-state index contributed by atoms with van der Waals surface area (Å²) in [5.41, 5.74) is 2.55. The van der Waals surface area contributed by atoms with Gasteiger partial charge in [-0.1, -0.05) is 29.8 Å². The maximum absolute atomic E-state index is 12.7. The van der Waals surface area contributed by atoms with Gasteiger partial charge in [0.25, 0.3) is 0 Å². The largest absolute Gasteiger partial charge is 0.355 e. The van der Waals surface area contributed by atoms with E-state index in [4.69, 9.17) is 0 Å². The summed E-state index contributed by atoms with van der Waals surface area (Å²) in [5.74, 6) is 1.03. The Hall–Kier alpha value is -1.88. The third-order valence-electron chi connectivity index (χ3n) is 6.84. The second-order valence-corrected chi connectivity index (χ2v) is 9.19. The summed E-state index contributed by atoms with van der Waals surface area (Å²) in [4.78, 5) is 29.6. The minimum absolute atomic E-state index is 0.104. The molecule has 5 heteroatoms. The van der Waals surface area contributed by atoms with Gasteiger partial charge in [0.15, 0.2) is 0 Å². The van der Waals surface area contributed by atoms with Gasteiger partial charge in [0.2, 0.25) is 11.8 Å². The summed E-state index contributed by atoms with van der Waals surface area (Å²) in [6.45, 7) is 6.56. The molecule has 2 aliphatic heterocycles. The van der Waals surface area contributed by atoms with Crippen molar-refractivity contribution in [1.29, 1.82) is 0 Å². The summed E-state index contributed by atoms with van der Waals surface area (Å²) in [5, 5.41) is 3.17. The highest BCUT2D eigenvalue weighted by molar-refractivity contribution is 5.81. The van der Waals surface area contributed by atoms with E-state index in [1.807, 2.05) is 0 Å². The lowest BCUT2D eigenvalue weighted by Gasteiger charge is -2.42. The number of likely N-dealkylation sites (tertiary alicyclic amines) is 2. The number of hydrogen-bond acceptors (Lipinski definition) is 3.